The van der Waals surface area contributed by atoms with Crippen molar-refractivity contribution in [1.29, 1.82) is 0 Å². The predicted molar refractivity (Wildman–Crippen MR) is 254 cm³/mol. The van der Waals surface area contributed by atoms with Crippen molar-refractivity contribution in [2.24, 2.45) is 0 Å². The number of benzene rings is 6. The van der Waals surface area contributed by atoms with Crippen molar-refractivity contribution in [3.05, 3.63) is 162 Å². The van der Waals surface area contributed by atoms with E-state index in [-0.39, 0.29) is 36.6 Å². The molecule has 0 aliphatic rings. The first-order valence-corrected chi connectivity index (χ1v) is 23.0. The van der Waals surface area contributed by atoms with Gasteiger partial charge in [-0.15, -0.1) is 53.6 Å². The van der Waals surface area contributed by atoms with Crippen molar-refractivity contribution in [3.63, 3.8) is 0 Å². The van der Waals surface area contributed by atoms with Crippen molar-refractivity contribution >= 4 is 56.7 Å². The van der Waals surface area contributed by atoms with Gasteiger partial charge in [0.2, 0.25) is 0 Å². The molecule has 305 valence electrons. The fourth-order valence-corrected chi connectivity index (χ4v) is 11.9. The molecule has 3 aromatic heterocycles. The first-order valence-electron chi connectivity index (χ1n) is 24.9. The van der Waals surface area contributed by atoms with E-state index < -0.39 is 28.6 Å². The Morgan fingerprint density at radius 3 is 2.13 bits per heavy atom. The molecule has 0 bridgehead atoms. The van der Waals surface area contributed by atoms with Crippen LogP contribution in [-0.4, -0.2) is 18.0 Å². The van der Waals surface area contributed by atoms with E-state index in [0.29, 0.717) is 33.5 Å². The Balaban J connectivity index is 0.000000281. The number of aromatic nitrogens is 2. The molecule has 9 rings (SSSR count). The summed E-state index contributed by atoms with van der Waals surface area (Å²) >= 11 is 0. The number of aryl methyl sites for hydroxylation is 3. The van der Waals surface area contributed by atoms with E-state index in [1.54, 1.807) is 18.2 Å². The maximum absolute atomic E-state index is 8.53. The Hall–Kier alpha value is -5.19. The van der Waals surface area contributed by atoms with Crippen LogP contribution in [-0.2, 0) is 25.5 Å². The quantitative estimate of drug-likeness (QED) is 0.0907. The van der Waals surface area contributed by atoms with Crippen LogP contribution in [0.1, 0.15) is 76.1 Å². The summed E-state index contributed by atoms with van der Waals surface area (Å²) in [5, 5.41) is 7.43. The van der Waals surface area contributed by atoms with Gasteiger partial charge in [0.25, 0.3) is 0 Å². The van der Waals surface area contributed by atoms with Crippen LogP contribution in [0.3, 0.4) is 0 Å². The van der Waals surface area contributed by atoms with Gasteiger partial charge in [0.05, 0.1) is 13.7 Å². The Morgan fingerprint density at radius 2 is 1.43 bits per heavy atom. The molecule has 3 nitrogen and oxygen atoms in total. The van der Waals surface area contributed by atoms with E-state index >= 15 is 0 Å². The molecule has 0 fully saturated rings. The van der Waals surface area contributed by atoms with Gasteiger partial charge in [-0.3, -0.25) is 0 Å². The molecule has 0 atom stereocenters. The van der Waals surface area contributed by atoms with E-state index in [9.17, 15) is 0 Å². The average Bonchev–Trinajstić information content (AvgIpc) is 3.68. The Labute approximate surface area is 383 Å². The molecule has 9 aromatic rings. The van der Waals surface area contributed by atoms with E-state index in [1.807, 2.05) is 60.8 Å². The fourth-order valence-electron chi connectivity index (χ4n) is 8.30. The van der Waals surface area contributed by atoms with Gasteiger partial charge < -0.3 is 14.4 Å². The fraction of sp³-hybridized carbons (Fsp3) is 0.236. The standard InChI is InChI=1S/C39H36NOSi.C16H18N.Ir/c1-6-42(7-2,8-3)29-18-19-30(25(4)20-29)34-22-37(40-24-26(34)5)33-15-11-14-32-36-21-28-17-16-27-12-9-10-13-31(27)35(28)23-38(36)41-39(32)33;1-12-5-7-13(8-6-12)15-10-9-14(11-17-15)16(2,3)4;/h9-14,16-24H,6-8H2,1-5H3;5-7,9-11H,1-4H3;/q2*-1;/i4D3,5D3;1D3;. The van der Waals surface area contributed by atoms with E-state index in [1.165, 1.54) is 17.8 Å². The van der Waals surface area contributed by atoms with E-state index in [4.69, 9.17) is 16.8 Å². The average molecular weight is 988 g/mol. The van der Waals surface area contributed by atoms with Gasteiger partial charge in [0.1, 0.15) is 5.58 Å². The molecule has 60 heavy (non-hydrogen) atoms. The van der Waals surface area contributed by atoms with Crippen LogP contribution in [0.2, 0.25) is 18.1 Å². The molecule has 0 aliphatic carbocycles. The zero-order valence-electron chi connectivity index (χ0n) is 43.9. The number of hydrogen-bond donors (Lipinski definition) is 0. The minimum absolute atomic E-state index is 0. The molecule has 0 unspecified atom stereocenters. The SMILES string of the molecule is [2H]C([2H])([2H])c1c[c-]c(-c2ccc(C(C)(C)C)cn2)cc1.[2H]C([2H])([2H])c1cnc(-c2[c-]ccc3c2oc2cc4c(ccc5ccccc54)cc23)cc1-c1ccc([Si](CC)(CC)CC)cc1C([2H])([2H])[2H].[Ir]. The maximum atomic E-state index is 8.53. The van der Waals surface area contributed by atoms with Crippen molar-refractivity contribution in [2.45, 2.75) is 85.6 Å². The summed E-state index contributed by atoms with van der Waals surface area (Å²) in [7, 11) is -1.91. The Kier molecular flexibility index (Phi) is 9.45. The van der Waals surface area contributed by atoms with Crippen LogP contribution in [0, 0.1) is 32.7 Å². The molecule has 0 N–H and O–H groups in total. The number of nitrogens with zero attached hydrogens (tertiary/aromatic N) is 2. The van der Waals surface area contributed by atoms with Crippen LogP contribution in [0.5, 0.6) is 0 Å². The number of pyridine rings is 2. The van der Waals surface area contributed by atoms with Crippen LogP contribution in [0.4, 0.5) is 0 Å². The molecule has 0 amide bonds. The molecule has 0 saturated carbocycles. The smallest absolute Gasteiger partial charge is 0.121 e. The third-order valence-electron chi connectivity index (χ3n) is 12.1. The van der Waals surface area contributed by atoms with Crippen molar-refractivity contribution in [2.75, 3.05) is 0 Å². The first kappa shape index (κ1) is 32.6. The summed E-state index contributed by atoms with van der Waals surface area (Å²) in [6, 6.07) is 46.0. The second-order valence-corrected chi connectivity index (χ2v) is 21.7. The molecule has 3 heterocycles. The summed E-state index contributed by atoms with van der Waals surface area (Å²) in [6.45, 7) is 5.92. The van der Waals surface area contributed by atoms with Crippen molar-refractivity contribution < 1.29 is 36.9 Å². The first-order chi connectivity index (χ1) is 32.1. The van der Waals surface area contributed by atoms with E-state index in [0.717, 1.165) is 72.5 Å². The second-order valence-electron chi connectivity index (χ2n) is 16.4. The summed E-state index contributed by atoms with van der Waals surface area (Å²) in [6.07, 6.45) is 3.22. The Bertz CT molecular complexity index is 3230. The molecular weight excluding hydrogens is 925 g/mol. The normalized spacial score (nSPS) is 14.7. The van der Waals surface area contributed by atoms with Gasteiger partial charge in [-0.05, 0) is 92.0 Å². The maximum Gasteiger partial charge on any atom is 0.121 e. The third kappa shape index (κ3) is 8.16. The zero-order valence-corrected chi connectivity index (χ0v) is 38.3. The van der Waals surface area contributed by atoms with Crippen LogP contribution >= 0.6 is 0 Å². The summed E-state index contributed by atoms with van der Waals surface area (Å²) in [5.74, 6) is 0. The number of furan rings is 1. The minimum Gasteiger partial charge on any atom is -0.501 e. The zero-order chi connectivity index (χ0) is 49.0. The molecule has 6 aromatic carbocycles. The van der Waals surface area contributed by atoms with Gasteiger partial charge in [-0.2, -0.15) is 0 Å². The van der Waals surface area contributed by atoms with Gasteiger partial charge in [-0.25, -0.2) is 0 Å². The predicted octanol–water partition coefficient (Wildman–Crippen LogP) is 14.9. The van der Waals surface area contributed by atoms with Gasteiger partial charge in [-0.1, -0.05) is 155 Å². The van der Waals surface area contributed by atoms with Crippen LogP contribution in [0.15, 0.2) is 132 Å². The molecule has 0 saturated heterocycles. The monoisotopic (exact) mass is 988 g/mol. The topological polar surface area (TPSA) is 38.9 Å². The van der Waals surface area contributed by atoms with E-state index in [2.05, 4.69) is 100 Å². The van der Waals surface area contributed by atoms with Crippen LogP contribution < -0.4 is 5.19 Å². The molecular formula is C55H54IrN2OSi-2. The van der Waals surface area contributed by atoms with Gasteiger partial charge >= 0.3 is 0 Å². The Morgan fingerprint density at radius 1 is 0.650 bits per heavy atom. The van der Waals surface area contributed by atoms with Crippen LogP contribution in [0.25, 0.3) is 77.1 Å². The molecule has 0 aliphatic heterocycles. The number of fused-ring (bicyclic) bond motifs is 6. The van der Waals surface area contributed by atoms with Crippen molar-refractivity contribution in [1.82, 2.24) is 9.97 Å². The summed E-state index contributed by atoms with van der Waals surface area (Å²) in [4.78, 5) is 9.06. The largest absolute Gasteiger partial charge is 0.501 e. The number of rotatable bonds is 7. The second kappa shape index (κ2) is 17.4. The molecule has 5 heteroatoms. The summed E-state index contributed by atoms with van der Waals surface area (Å²) < 4.78 is 79.2. The summed E-state index contributed by atoms with van der Waals surface area (Å²) in [5.41, 5.74) is 6.37. The molecule has 1 radical (unpaired) electrons. The van der Waals surface area contributed by atoms with Gasteiger partial charge in [0.15, 0.2) is 0 Å². The molecule has 0 spiro atoms. The third-order valence-corrected chi connectivity index (χ3v) is 17.7. The number of hydrogen-bond acceptors (Lipinski definition) is 3. The minimum atomic E-state index is -2.52. The van der Waals surface area contributed by atoms with Gasteiger partial charge in [0, 0.05) is 50.2 Å². The van der Waals surface area contributed by atoms with Crippen molar-refractivity contribution in [3.8, 4) is 33.6 Å².